The lowest BCUT2D eigenvalue weighted by Gasteiger charge is -2.36. The summed E-state index contributed by atoms with van der Waals surface area (Å²) < 4.78 is 23.8. The van der Waals surface area contributed by atoms with Gasteiger partial charge < -0.3 is 19.4 Å². The summed E-state index contributed by atoms with van der Waals surface area (Å²) in [7, 11) is 3.08. The Balaban J connectivity index is 1.30. The standard InChI is InChI=1S/C27H27FN4O3/c1-34-22-15-23-25(24(16-22)35-2)27(33)30-26(29-23)19-5-9-21(10-6-19)32-13-11-31(12-14-32)17-18-3-7-20(28)8-4-18/h3-10,15-16H,11-14,17H2,1-2H3,(H,29,30,33). The lowest BCUT2D eigenvalue weighted by Crippen LogP contribution is -2.45. The van der Waals surface area contributed by atoms with E-state index in [0.717, 1.165) is 49.5 Å². The van der Waals surface area contributed by atoms with E-state index >= 15 is 0 Å². The van der Waals surface area contributed by atoms with Crippen LogP contribution in [0.25, 0.3) is 22.3 Å². The number of benzene rings is 3. The zero-order chi connectivity index (χ0) is 24.4. The first-order chi connectivity index (χ1) is 17.0. The number of ether oxygens (including phenoxy) is 2. The van der Waals surface area contributed by atoms with Gasteiger partial charge in [0, 0.05) is 56.1 Å². The van der Waals surface area contributed by atoms with E-state index in [0.29, 0.717) is 28.2 Å². The monoisotopic (exact) mass is 474 g/mol. The molecule has 0 aliphatic carbocycles. The topological polar surface area (TPSA) is 70.7 Å². The smallest absolute Gasteiger partial charge is 0.262 e. The largest absolute Gasteiger partial charge is 0.497 e. The number of H-pyrrole nitrogens is 1. The molecule has 0 radical (unpaired) electrons. The van der Waals surface area contributed by atoms with Crippen LogP contribution in [0.2, 0.25) is 0 Å². The zero-order valence-electron chi connectivity index (χ0n) is 19.8. The van der Waals surface area contributed by atoms with Crippen LogP contribution in [0, 0.1) is 5.82 Å². The first-order valence-corrected chi connectivity index (χ1v) is 11.5. The van der Waals surface area contributed by atoms with E-state index in [4.69, 9.17) is 9.47 Å². The number of nitrogens with one attached hydrogen (secondary N) is 1. The van der Waals surface area contributed by atoms with Gasteiger partial charge in [0.2, 0.25) is 0 Å². The Morgan fingerprint density at radius 3 is 2.31 bits per heavy atom. The Kier molecular flexibility index (Phi) is 6.37. The summed E-state index contributed by atoms with van der Waals surface area (Å²) in [6.07, 6.45) is 0. The van der Waals surface area contributed by atoms with Crippen molar-refractivity contribution in [3.05, 3.63) is 82.4 Å². The van der Waals surface area contributed by atoms with Crippen molar-refractivity contribution in [1.29, 1.82) is 0 Å². The van der Waals surface area contributed by atoms with Crippen molar-refractivity contribution in [2.45, 2.75) is 6.54 Å². The summed E-state index contributed by atoms with van der Waals surface area (Å²) in [6, 6.07) is 18.2. The summed E-state index contributed by atoms with van der Waals surface area (Å²) in [4.78, 5) is 25.1. The fraction of sp³-hybridized carbons (Fsp3) is 0.259. The molecule has 0 bridgehead atoms. The molecule has 1 N–H and O–H groups in total. The Labute approximate surface area is 202 Å². The van der Waals surface area contributed by atoms with Crippen LogP contribution >= 0.6 is 0 Å². The van der Waals surface area contributed by atoms with Gasteiger partial charge in [-0.25, -0.2) is 9.37 Å². The second-order valence-electron chi connectivity index (χ2n) is 8.57. The zero-order valence-corrected chi connectivity index (χ0v) is 19.8. The van der Waals surface area contributed by atoms with Gasteiger partial charge in [-0.2, -0.15) is 0 Å². The predicted molar refractivity (Wildman–Crippen MR) is 135 cm³/mol. The lowest BCUT2D eigenvalue weighted by molar-refractivity contribution is 0.250. The number of rotatable bonds is 6. The molecule has 180 valence electrons. The molecule has 0 spiro atoms. The van der Waals surface area contributed by atoms with Crippen LogP contribution < -0.4 is 19.9 Å². The van der Waals surface area contributed by atoms with Crippen molar-refractivity contribution in [3.63, 3.8) is 0 Å². The number of nitrogens with zero attached hydrogens (tertiary/aromatic N) is 3. The van der Waals surface area contributed by atoms with Crippen LogP contribution in [0.3, 0.4) is 0 Å². The second kappa shape index (κ2) is 9.76. The molecule has 1 aliphatic heterocycles. The molecule has 0 amide bonds. The highest BCUT2D eigenvalue weighted by atomic mass is 19.1. The van der Waals surface area contributed by atoms with E-state index in [-0.39, 0.29) is 11.4 Å². The normalized spacial score (nSPS) is 14.3. The van der Waals surface area contributed by atoms with E-state index in [9.17, 15) is 9.18 Å². The molecule has 0 saturated carbocycles. The third kappa shape index (κ3) is 4.83. The summed E-state index contributed by atoms with van der Waals surface area (Å²) in [5.41, 5.74) is 3.33. The minimum absolute atomic E-state index is 0.204. The molecular formula is C27H27FN4O3. The highest BCUT2D eigenvalue weighted by Gasteiger charge is 2.18. The molecule has 7 nitrogen and oxygen atoms in total. The van der Waals surface area contributed by atoms with Crippen LogP contribution in [-0.4, -0.2) is 55.3 Å². The molecule has 1 saturated heterocycles. The number of hydrogen-bond acceptors (Lipinski definition) is 6. The van der Waals surface area contributed by atoms with E-state index in [1.807, 2.05) is 24.3 Å². The van der Waals surface area contributed by atoms with Gasteiger partial charge in [0.1, 0.15) is 28.5 Å². The van der Waals surface area contributed by atoms with Gasteiger partial charge in [0.15, 0.2) is 0 Å². The van der Waals surface area contributed by atoms with E-state index in [1.165, 1.54) is 19.2 Å². The van der Waals surface area contributed by atoms with Crippen molar-refractivity contribution < 1.29 is 13.9 Å². The average molecular weight is 475 g/mol. The number of fused-ring (bicyclic) bond motifs is 1. The Hall–Kier alpha value is -3.91. The molecule has 2 heterocycles. The SMILES string of the molecule is COc1cc(OC)c2c(=O)[nH]c(-c3ccc(N4CCN(Cc5ccc(F)cc5)CC4)cc3)nc2c1. The first kappa shape index (κ1) is 22.9. The Bertz CT molecular complexity index is 1380. The maximum absolute atomic E-state index is 13.1. The maximum Gasteiger partial charge on any atom is 0.262 e. The number of piperazine rings is 1. The Morgan fingerprint density at radius 1 is 0.943 bits per heavy atom. The molecule has 0 atom stereocenters. The second-order valence-corrected chi connectivity index (χ2v) is 8.57. The maximum atomic E-state index is 13.1. The third-order valence-corrected chi connectivity index (χ3v) is 6.40. The molecule has 0 unspecified atom stereocenters. The molecule has 1 aromatic heterocycles. The van der Waals surface area contributed by atoms with Crippen LogP contribution in [0.1, 0.15) is 5.56 Å². The first-order valence-electron chi connectivity index (χ1n) is 11.5. The number of anilines is 1. The van der Waals surface area contributed by atoms with E-state index in [1.54, 1.807) is 19.2 Å². The van der Waals surface area contributed by atoms with Crippen LogP contribution in [0.5, 0.6) is 11.5 Å². The fourth-order valence-corrected chi connectivity index (χ4v) is 4.47. The number of halogens is 1. The van der Waals surface area contributed by atoms with Gasteiger partial charge in [0.25, 0.3) is 5.56 Å². The minimum Gasteiger partial charge on any atom is -0.497 e. The van der Waals surface area contributed by atoms with Crippen molar-refractivity contribution >= 4 is 16.6 Å². The number of methoxy groups -OCH3 is 2. The van der Waals surface area contributed by atoms with E-state index < -0.39 is 0 Å². The predicted octanol–water partition coefficient (Wildman–Crippen LogP) is 4.07. The van der Waals surface area contributed by atoms with Gasteiger partial charge in [-0.05, 0) is 42.0 Å². The van der Waals surface area contributed by atoms with Gasteiger partial charge in [-0.15, -0.1) is 0 Å². The van der Waals surface area contributed by atoms with Gasteiger partial charge in [0.05, 0.1) is 19.7 Å². The van der Waals surface area contributed by atoms with Gasteiger partial charge in [-0.3, -0.25) is 9.69 Å². The van der Waals surface area contributed by atoms with Crippen molar-refractivity contribution in [2.24, 2.45) is 0 Å². The Morgan fingerprint density at radius 2 is 1.66 bits per heavy atom. The molecular weight excluding hydrogens is 447 g/mol. The van der Waals surface area contributed by atoms with Crippen molar-refractivity contribution in [3.8, 4) is 22.9 Å². The minimum atomic E-state index is -0.258. The third-order valence-electron chi connectivity index (χ3n) is 6.40. The molecule has 5 rings (SSSR count). The number of aromatic amines is 1. The molecule has 4 aromatic rings. The molecule has 1 fully saturated rings. The van der Waals surface area contributed by atoms with Crippen LogP contribution in [0.4, 0.5) is 10.1 Å². The molecule has 1 aliphatic rings. The average Bonchev–Trinajstić information content (AvgIpc) is 2.89. The summed E-state index contributed by atoms with van der Waals surface area (Å²) in [6.45, 7) is 4.50. The molecule has 8 heteroatoms. The number of hydrogen-bond donors (Lipinski definition) is 1. The highest BCUT2D eigenvalue weighted by molar-refractivity contribution is 5.87. The van der Waals surface area contributed by atoms with Crippen LogP contribution in [0.15, 0.2) is 65.5 Å². The summed E-state index contributed by atoms with van der Waals surface area (Å²) >= 11 is 0. The quantitative estimate of drug-likeness (QED) is 0.454. The highest BCUT2D eigenvalue weighted by Crippen LogP contribution is 2.29. The van der Waals surface area contributed by atoms with Gasteiger partial charge in [-0.1, -0.05) is 12.1 Å². The molecule has 35 heavy (non-hydrogen) atoms. The van der Waals surface area contributed by atoms with Crippen molar-refractivity contribution in [2.75, 3.05) is 45.3 Å². The van der Waals surface area contributed by atoms with Gasteiger partial charge >= 0.3 is 0 Å². The van der Waals surface area contributed by atoms with Crippen molar-refractivity contribution in [1.82, 2.24) is 14.9 Å². The van der Waals surface area contributed by atoms with Crippen LogP contribution in [-0.2, 0) is 6.54 Å². The fourth-order valence-electron chi connectivity index (χ4n) is 4.47. The summed E-state index contributed by atoms with van der Waals surface area (Å²) in [5, 5.41) is 0.396. The number of aromatic nitrogens is 2. The lowest BCUT2D eigenvalue weighted by atomic mass is 10.1. The molecule has 3 aromatic carbocycles. The summed E-state index contributed by atoms with van der Waals surface area (Å²) in [5.74, 6) is 1.29. The van der Waals surface area contributed by atoms with E-state index in [2.05, 4.69) is 31.9 Å².